The lowest BCUT2D eigenvalue weighted by molar-refractivity contribution is 0.339. The monoisotopic (exact) mass is 212 g/mol. The first kappa shape index (κ1) is 9.52. The van der Waals surface area contributed by atoms with Gasteiger partial charge in [-0.3, -0.25) is 0 Å². The summed E-state index contributed by atoms with van der Waals surface area (Å²) in [6.45, 7) is 2.43. The van der Waals surface area contributed by atoms with E-state index in [1.54, 1.807) is 6.07 Å². The number of hydrogen-bond acceptors (Lipinski definition) is 3. The Labute approximate surface area is 83.6 Å². The molecule has 0 bridgehead atoms. The summed E-state index contributed by atoms with van der Waals surface area (Å²) >= 11 is 0. The highest BCUT2D eigenvalue weighted by atomic mass is 32.2. The molecule has 0 spiro atoms. The molecular formula is C10H12O3S. The molecule has 0 unspecified atom stereocenters. The minimum atomic E-state index is -3.03. The van der Waals surface area contributed by atoms with Gasteiger partial charge in [0.2, 0.25) is 0 Å². The van der Waals surface area contributed by atoms with Crippen LogP contribution in [0.1, 0.15) is 12.5 Å². The highest BCUT2D eigenvalue weighted by molar-refractivity contribution is 7.91. The summed E-state index contributed by atoms with van der Waals surface area (Å²) in [6.07, 6.45) is 0.629. The fourth-order valence-electron chi connectivity index (χ4n) is 1.64. The summed E-state index contributed by atoms with van der Waals surface area (Å²) < 4.78 is 28.4. The van der Waals surface area contributed by atoms with Gasteiger partial charge in [-0.15, -0.1) is 0 Å². The Morgan fingerprint density at radius 2 is 2.21 bits per heavy atom. The number of rotatable bonds is 2. The van der Waals surface area contributed by atoms with E-state index in [1.807, 2.05) is 19.1 Å². The minimum absolute atomic E-state index is 0.234. The lowest BCUT2D eigenvalue weighted by Gasteiger charge is -2.04. The normalized spacial score (nSPS) is 17.8. The maximum Gasteiger partial charge on any atom is 0.179 e. The standard InChI is InChI=1S/C10H12O3S/c1-2-13-9-4-3-8-5-6-14(11,12)10(8)7-9/h3-4,7H,2,5-6H2,1H3. The van der Waals surface area contributed by atoms with Gasteiger partial charge in [0.15, 0.2) is 9.84 Å². The molecule has 0 aromatic heterocycles. The first-order chi connectivity index (χ1) is 6.63. The summed E-state index contributed by atoms with van der Waals surface area (Å²) in [7, 11) is -3.03. The second-order valence-corrected chi connectivity index (χ2v) is 5.35. The number of ether oxygens (including phenoxy) is 1. The van der Waals surface area contributed by atoms with E-state index in [4.69, 9.17) is 4.74 Å². The first-order valence-electron chi connectivity index (χ1n) is 4.62. The average molecular weight is 212 g/mol. The molecule has 0 atom stereocenters. The Bertz CT molecular complexity index is 448. The van der Waals surface area contributed by atoms with E-state index in [0.29, 0.717) is 23.7 Å². The molecule has 0 saturated carbocycles. The van der Waals surface area contributed by atoms with Gasteiger partial charge in [0.25, 0.3) is 0 Å². The third-order valence-electron chi connectivity index (χ3n) is 2.32. The molecule has 0 radical (unpaired) electrons. The zero-order valence-electron chi connectivity index (χ0n) is 7.99. The van der Waals surface area contributed by atoms with E-state index in [-0.39, 0.29) is 5.75 Å². The maximum absolute atomic E-state index is 11.6. The van der Waals surface area contributed by atoms with Crippen molar-refractivity contribution in [2.45, 2.75) is 18.2 Å². The third-order valence-corrected chi connectivity index (χ3v) is 4.12. The lowest BCUT2D eigenvalue weighted by atomic mass is 10.2. The van der Waals surface area contributed by atoms with Crippen molar-refractivity contribution in [2.24, 2.45) is 0 Å². The van der Waals surface area contributed by atoms with Crippen molar-refractivity contribution in [1.82, 2.24) is 0 Å². The first-order valence-corrected chi connectivity index (χ1v) is 6.27. The molecule has 4 heteroatoms. The summed E-state index contributed by atoms with van der Waals surface area (Å²) in [4.78, 5) is 0.448. The van der Waals surface area contributed by atoms with Crippen LogP contribution in [0.25, 0.3) is 0 Å². The quantitative estimate of drug-likeness (QED) is 0.744. The molecular weight excluding hydrogens is 200 g/mol. The van der Waals surface area contributed by atoms with Crippen LogP contribution in [0.3, 0.4) is 0 Å². The molecule has 1 aliphatic rings. The van der Waals surface area contributed by atoms with Crippen LogP contribution in [0.4, 0.5) is 0 Å². The van der Waals surface area contributed by atoms with Crippen LogP contribution in [-0.4, -0.2) is 20.8 Å². The van der Waals surface area contributed by atoms with Crippen molar-refractivity contribution < 1.29 is 13.2 Å². The van der Waals surface area contributed by atoms with Crippen LogP contribution in [-0.2, 0) is 16.3 Å². The Morgan fingerprint density at radius 1 is 1.43 bits per heavy atom. The van der Waals surface area contributed by atoms with Gasteiger partial charge >= 0.3 is 0 Å². The van der Waals surface area contributed by atoms with E-state index in [1.165, 1.54) is 0 Å². The summed E-state index contributed by atoms with van der Waals surface area (Å²) in [6, 6.07) is 5.29. The van der Waals surface area contributed by atoms with Crippen LogP contribution < -0.4 is 4.74 Å². The van der Waals surface area contributed by atoms with E-state index in [2.05, 4.69) is 0 Å². The molecule has 0 saturated heterocycles. The van der Waals surface area contributed by atoms with Gasteiger partial charge in [0, 0.05) is 0 Å². The van der Waals surface area contributed by atoms with Gasteiger partial charge < -0.3 is 4.74 Å². The number of hydrogen-bond donors (Lipinski definition) is 0. The van der Waals surface area contributed by atoms with Gasteiger partial charge in [0.05, 0.1) is 17.3 Å². The Kier molecular flexibility index (Phi) is 2.23. The topological polar surface area (TPSA) is 43.4 Å². The zero-order valence-corrected chi connectivity index (χ0v) is 8.80. The molecule has 14 heavy (non-hydrogen) atoms. The SMILES string of the molecule is CCOc1ccc2c(c1)S(=O)(=O)CC2. The zero-order chi connectivity index (χ0) is 10.2. The van der Waals surface area contributed by atoms with Crippen LogP contribution in [0.5, 0.6) is 5.75 Å². The van der Waals surface area contributed by atoms with Crippen molar-refractivity contribution in [3.63, 3.8) is 0 Å². The molecule has 76 valence electrons. The predicted molar refractivity (Wildman–Crippen MR) is 53.4 cm³/mol. The molecule has 0 amide bonds. The molecule has 0 fully saturated rings. The maximum atomic E-state index is 11.6. The second-order valence-electron chi connectivity index (χ2n) is 3.27. The molecule has 1 aromatic rings. The molecule has 1 aliphatic heterocycles. The molecule has 1 aromatic carbocycles. The van der Waals surface area contributed by atoms with Crippen LogP contribution in [0, 0.1) is 0 Å². The smallest absolute Gasteiger partial charge is 0.179 e. The predicted octanol–water partition coefficient (Wildman–Crippen LogP) is 1.42. The van der Waals surface area contributed by atoms with Crippen LogP contribution >= 0.6 is 0 Å². The molecule has 0 N–H and O–H groups in total. The van der Waals surface area contributed by atoms with Gasteiger partial charge in [-0.25, -0.2) is 8.42 Å². The Balaban J connectivity index is 2.48. The van der Waals surface area contributed by atoms with E-state index >= 15 is 0 Å². The Hall–Kier alpha value is -1.03. The van der Waals surface area contributed by atoms with Gasteiger partial charge in [-0.05, 0) is 31.0 Å². The average Bonchev–Trinajstić information content (AvgIpc) is 2.44. The largest absolute Gasteiger partial charge is 0.494 e. The summed E-state index contributed by atoms with van der Waals surface area (Å²) in [5.74, 6) is 0.870. The third kappa shape index (κ3) is 1.50. The van der Waals surface area contributed by atoms with Crippen molar-refractivity contribution in [3.05, 3.63) is 23.8 Å². The second kappa shape index (κ2) is 3.28. The molecule has 0 aliphatic carbocycles. The van der Waals surface area contributed by atoms with Crippen LogP contribution in [0.15, 0.2) is 23.1 Å². The van der Waals surface area contributed by atoms with Crippen LogP contribution in [0.2, 0.25) is 0 Å². The molecule has 2 rings (SSSR count). The van der Waals surface area contributed by atoms with E-state index < -0.39 is 9.84 Å². The summed E-state index contributed by atoms with van der Waals surface area (Å²) in [5.41, 5.74) is 0.911. The van der Waals surface area contributed by atoms with E-state index in [0.717, 1.165) is 5.56 Å². The highest BCUT2D eigenvalue weighted by Gasteiger charge is 2.26. The minimum Gasteiger partial charge on any atom is -0.494 e. The fraction of sp³-hybridized carbons (Fsp3) is 0.400. The highest BCUT2D eigenvalue weighted by Crippen LogP contribution is 2.29. The van der Waals surface area contributed by atoms with Gasteiger partial charge in [-0.2, -0.15) is 0 Å². The fourth-order valence-corrected chi connectivity index (χ4v) is 3.22. The lowest BCUT2D eigenvalue weighted by Crippen LogP contribution is -1.99. The number of benzene rings is 1. The molecule has 1 heterocycles. The van der Waals surface area contributed by atoms with E-state index in [9.17, 15) is 8.42 Å². The molecule has 3 nitrogen and oxygen atoms in total. The van der Waals surface area contributed by atoms with Crippen molar-refractivity contribution in [2.75, 3.05) is 12.4 Å². The van der Waals surface area contributed by atoms with Gasteiger partial charge in [-0.1, -0.05) is 6.07 Å². The number of fused-ring (bicyclic) bond motifs is 1. The number of aryl methyl sites for hydroxylation is 1. The van der Waals surface area contributed by atoms with Crippen molar-refractivity contribution in [3.8, 4) is 5.75 Å². The van der Waals surface area contributed by atoms with Gasteiger partial charge in [0.1, 0.15) is 5.75 Å². The Morgan fingerprint density at radius 3 is 2.93 bits per heavy atom. The summed E-state index contributed by atoms with van der Waals surface area (Å²) in [5, 5.41) is 0. The van der Waals surface area contributed by atoms with Crippen molar-refractivity contribution in [1.29, 1.82) is 0 Å². The number of sulfone groups is 1. The van der Waals surface area contributed by atoms with Crippen molar-refractivity contribution >= 4 is 9.84 Å².